The number of hydrogen-bond donors (Lipinski definition) is 0. The maximum absolute atomic E-state index is 6.05. The molecule has 0 N–H and O–H groups in total. The molecule has 5 rings (SSSR count). The molecule has 52 heavy (non-hydrogen) atoms. The SMILES string of the molecule is CC(C)N1B([N]=[Ti]([Cl])[Cl])N(C(C)C)c2ccccc21.CC(C)N1B([N]=[Ti]([Cl])[Cl])N(C)c2ccccc21.CN1CCN(C)CCN(C)CC1.C[N-]C.[CH3-]. The minimum Gasteiger partial charge on any atom is -0.668 e. The van der Waals surface area contributed by atoms with Crippen molar-refractivity contribution in [1.82, 2.24) is 14.7 Å². The van der Waals surface area contributed by atoms with Crippen LogP contribution in [0, 0.1) is 7.43 Å². The quantitative estimate of drug-likeness (QED) is 0.221. The van der Waals surface area contributed by atoms with Gasteiger partial charge in [-0.15, -0.1) is 0 Å². The molecular formula is C34H62B2Cl4N10Ti2-2. The molecule has 3 aliphatic rings. The molecule has 3 heterocycles. The summed E-state index contributed by atoms with van der Waals surface area (Å²) in [6.45, 7) is 20.2. The molecule has 0 radical (unpaired) electrons. The van der Waals surface area contributed by atoms with Crippen LogP contribution in [0.4, 0.5) is 22.7 Å². The van der Waals surface area contributed by atoms with Crippen LogP contribution in [-0.4, -0.2) is 129 Å². The zero-order chi connectivity index (χ0) is 38.4. The van der Waals surface area contributed by atoms with Crippen LogP contribution in [0.25, 0.3) is 5.32 Å². The summed E-state index contributed by atoms with van der Waals surface area (Å²) >= 11 is -4.53. The van der Waals surface area contributed by atoms with E-state index < -0.39 is 31.1 Å². The van der Waals surface area contributed by atoms with Crippen molar-refractivity contribution in [1.29, 1.82) is 0 Å². The van der Waals surface area contributed by atoms with Gasteiger partial charge in [-0.2, -0.15) is 14.1 Å². The van der Waals surface area contributed by atoms with E-state index in [1.165, 1.54) is 62.0 Å². The summed E-state index contributed by atoms with van der Waals surface area (Å²) in [5.41, 5.74) is 4.81. The number of nitrogens with zero attached hydrogens (tertiary/aromatic N) is 10. The first-order valence-corrected chi connectivity index (χ1v) is 27.6. The Morgan fingerprint density at radius 3 is 1.08 bits per heavy atom. The molecule has 0 saturated carbocycles. The fourth-order valence-electron chi connectivity index (χ4n) is 6.14. The van der Waals surface area contributed by atoms with Crippen molar-refractivity contribution in [3.8, 4) is 0 Å². The molecule has 2 aromatic carbocycles. The molecule has 1 fully saturated rings. The zero-order valence-corrected chi connectivity index (χ0v) is 39.9. The molecule has 0 bridgehead atoms. The van der Waals surface area contributed by atoms with Gasteiger partial charge in [0, 0.05) is 39.3 Å². The smallest absolute Gasteiger partial charge is 0.0107 e. The van der Waals surface area contributed by atoms with E-state index in [9.17, 15) is 0 Å². The summed E-state index contributed by atoms with van der Waals surface area (Å²) < 4.78 is 9.17. The summed E-state index contributed by atoms with van der Waals surface area (Å²) in [5.74, 6) is 0. The van der Waals surface area contributed by atoms with Crippen molar-refractivity contribution in [2.75, 3.05) is 101 Å². The third-order valence-corrected chi connectivity index (χ3v) is 11.7. The molecular weight excluding hydrogens is 808 g/mol. The molecule has 3 aliphatic heterocycles. The van der Waals surface area contributed by atoms with Gasteiger partial charge in [-0.25, -0.2) is 0 Å². The second kappa shape index (κ2) is 25.1. The number of benzene rings is 2. The number of hydrogen-bond acceptors (Lipinski definition) is 9. The summed E-state index contributed by atoms with van der Waals surface area (Å²) in [6.07, 6.45) is 0. The van der Waals surface area contributed by atoms with Crippen LogP contribution in [0.2, 0.25) is 0 Å². The predicted molar refractivity (Wildman–Crippen MR) is 228 cm³/mol. The van der Waals surface area contributed by atoms with Gasteiger partial charge >= 0.3 is 246 Å². The van der Waals surface area contributed by atoms with Gasteiger partial charge in [0.15, 0.2) is 0 Å². The average Bonchev–Trinajstić information content (AvgIpc) is 3.55. The van der Waals surface area contributed by atoms with Crippen LogP contribution >= 0.6 is 37.2 Å². The Kier molecular flexibility index (Phi) is 24.1. The van der Waals surface area contributed by atoms with E-state index in [1.54, 1.807) is 14.1 Å². The van der Waals surface area contributed by atoms with Crippen LogP contribution in [0.1, 0.15) is 41.5 Å². The van der Waals surface area contributed by atoms with E-state index in [0.29, 0.717) is 18.1 Å². The zero-order valence-electron chi connectivity index (χ0n) is 33.7. The summed E-state index contributed by atoms with van der Waals surface area (Å²) in [6, 6.07) is 17.8. The minimum atomic E-state index is -2.29. The molecule has 18 heteroatoms. The third-order valence-electron chi connectivity index (χ3n) is 8.76. The molecule has 292 valence electrons. The average molecular weight is 870 g/mol. The summed E-state index contributed by atoms with van der Waals surface area (Å²) in [7, 11) is 36.0. The molecule has 0 aliphatic carbocycles. The monoisotopic (exact) mass is 868 g/mol. The molecule has 1 saturated heterocycles. The topological polar surface area (TPSA) is 61.5 Å². The Bertz CT molecular complexity index is 1320. The Hall–Kier alpha value is -0.202. The number of anilines is 4. The first-order valence-electron chi connectivity index (χ1n) is 17.6. The van der Waals surface area contributed by atoms with E-state index in [0.717, 1.165) is 0 Å². The van der Waals surface area contributed by atoms with Crippen LogP contribution in [0.3, 0.4) is 0 Å². The fourth-order valence-corrected chi connectivity index (χ4v) is 8.98. The maximum atomic E-state index is 6.05. The Labute approximate surface area is 345 Å². The second-order valence-electron chi connectivity index (χ2n) is 13.9. The standard InChI is InChI=1S/C12H18BN3.C10H14BN3.C9H21N3.C2H6N.CH3.4ClH.2Ti/c1-9(2)15-11-7-5-6-8-12(11)16(10(3)4)13(15)14;1-8(2)14-10-7-5-4-6-9(10)13(3)11(14)12;1-10-4-6-11(2)8-9-12(3)7-5-10;1-3-2;;;;;;;/h5-10H,1-4H3;4-8H,1-3H3;4-9H2,1-3H3;1-2H3;1H3;4*1H;;/q;;;2*-1;;;;;2*+2/p-4. The summed E-state index contributed by atoms with van der Waals surface area (Å²) in [5, 5.41) is 3.50. The van der Waals surface area contributed by atoms with E-state index in [-0.39, 0.29) is 21.7 Å². The first-order chi connectivity index (χ1) is 24.0. The van der Waals surface area contributed by atoms with Crippen LogP contribution in [0.15, 0.2) is 55.2 Å². The molecule has 0 spiro atoms. The van der Waals surface area contributed by atoms with Crippen molar-refractivity contribution in [3.05, 3.63) is 61.3 Å². The number of fused-ring (bicyclic) bond motifs is 2. The van der Waals surface area contributed by atoms with Crippen LogP contribution < -0.4 is 19.2 Å². The Morgan fingerprint density at radius 2 is 0.788 bits per heavy atom. The maximum Gasteiger partial charge on any atom is 0.0107 e. The van der Waals surface area contributed by atoms with Gasteiger partial charge in [0.2, 0.25) is 0 Å². The second-order valence-corrected chi connectivity index (χ2v) is 23.7. The third kappa shape index (κ3) is 15.0. The van der Waals surface area contributed by atoms with Crippen LogP contribution in [0.5, 0.6) is 0 Å². The van der Waals surface area contributed by atoms with Gasteiger partial charge < -0.3 is 27.4 Å². The number of para-hydroxylation sites is 4. The van der Waals surface area contributed by atoms with Gasteiger partial charge in [-0.05, 0) is 21.1 Å². The minimum absolute atomic E-state index is 0. The van der Waals surface area contributed by atoms with Crippen molar-refractivity contribution in [3.63, 3.8) is 0 Å². The van der Waals surface area contributed by atoms with E-state index in [2.05, 4.69) is 145 Å². The number of halogens is 4. The van der Waals surface area contributed by atoms with Crippen LogP contribution in [-0.2, 0) is 31.1 Å². The van der Waals surface area contributed by atoms with Crippen molar-refractivity contribution >= 4 is 74.2 Å². The Balaban J connectivity index is 0.000000380. The normalized spacial score (nSPS) is 16.4. The van der Waals surface area contributed by atoms with Crippen molar-refractivity contribution < 1.29 is 31.1 Å². The molecule has 0 unspecified atom stereocenters. The molecule has 0 atom stereocenters. The van der Waals surface area contributed by atoms with Gasteiger partial charge in [0.05, 0.1) is 0 Å². The van der Waals surface area contributed by atoms with Gasteiger partial charge in [-0.1, -0.05) is 0 Å². The van der Waals surface area contributed by atoms with Gasteiger partial charge in [0.25, 0.3) is 0 Å². The molecule has 2 aromatic rings. The van der Waals surface area contributed by atoms with E-state index in [4.69, 9.17) is 37.2 Å². The molecule has 10 nitrogen and oxygen atoms in total. The summed E-state index contributed by atoms with van der Waals surface area (Å²) in [4.78, 5) is 16.2. The van der Waals surface area contributed by atoms with Gasteiger partial charge in [0.1, 0.15) is 0 Å². The van der Waals surface area contributed by atoms with E-state index in [1.807, 2.05) is 19.2 Å². The Morgan fingerprint density at radius 1 is 0.538 bits per heavy atom. The largest absolute Gasteiger partial charge is 0.668 e. The molecule has 0 amide bonds. The fraction of sp³-hybridized carbons (Fsp3) is 0.618. The van der Waals surface area contributed by atoms with Crippen molar-refractivity contribution in [2.24, 2.45) is 6.66 Å². The molecule has 0 aromatic heterocycles. The predicted octanol–water partition coefficient (Wildman–Crippen LogP) is 8.53. The first kappa shape index (κ1) is 49.8. The number of rotatable bonds is 5. The van der Waals surface area contributed by atoms with E-state index >= 15 is 0 Å². The number of likely N-dealkylation sites (N-methyl/N-ethyl adjacent to an activating group) is 3. The van der Waals surface area contributed by atoms with Gasteiger partial charge in [-0.3, -0.25) is 0 Å². The van der Waals surface area contributed by atoms with Crippen molar-refractivity contribution in [2.45, 2.75) is 59.7 Å².